The summed E-state index contributed by atoms with van der Waals surface area (Å²) in [5.41, 5.74) is 2.79. The molecule has 5 rings (SSSR count). The van der Waals surface area contributed by atoms with Crippen LogP contribution in [0.4, 0.5) is 0 Å². The van der Waals surface area contributed by atoms with E-state index < -0.39 is 0 Å². The maximum absolute atomic E-state index is 12.7. The minimum Gasteiger partial charge on any atom is -0.618 e. The molecule has 1 aliphatic heterocycles. The second-order valence-electron chi connectivity index (χ2n) is 6.28. The Bertz CT molecular complexity index is 1150. The first-order chi connectivity index (χ1) is 12.6. The third kappa shape index (κ3) is 2.19. The largest absolute Gasteiger partial charge is 0.618 e. The zero-order valence-corrected chi connectivity index (χ0v) is 14.6. The minimum atomic E-state index is -0.168. The van der Waals surface area contributed by atoms with E-state index in [0.29, 0.717) is 51.3 Å². The number of aromatic nitrogens is 5. The van der Waals surface area contributed by atoms with Crippen molar-refractivity contribution < 1.29 is 14.0 Å². The van der Waals surface area contributed by atoms with Gasteiger partial charge >= 0.3 is 0 Å². The Morgan fingerprint density at radius 1 is 1.38 bits per heavy atom. The molecule has 1 unspecified atom stereocenters. The third-order valence-electron chi connectivity index (χ3n) is 4.69. The van der Waals surface area contributed by atoms with E-state index in [0.717, 1.165) is 17.6 Å². The van der Waals surface area contributed by atoms with E-state index in [2.05, 4.69) is 15.1 Å². The van der Waals surface area contributed by atoms with Crippen LogP contribution in [0.3, 0.4) is 0 Å². The van der Waals surface area contributed by atoms with Gasteiger partial charge in [-0.1, -0.05) is 16.8 Å². The molecule has 1 saturated heterocycles. The summed E-state index contributed by atoms with van der Waals surface area (Å²) in [6, 6.07) is 5.17. The van der Waals surface area contributed by atoms with Crippen LogP contribution in [0, 0.1) is 12.1 Å². The van der Waals surface area contributed by atoms with Gasteiger partial charge in [-0.2, -0.15) is 9.71 Å². The van der Waals surface area contributed by atoms with Crippen LogP contribution < -0.4 is 4.73 Å². The van der Waals surface area contributed by atoms with Crippen molar-refractivity contribution in [2.45, 2.75) is 25.9 Å². The van der Waals surface area contributed by atoms with Crippen LogP contribution >= 0.6 is 11.6 Å². The first-order valence-electron chi connectivity index (χ1n) is 8.27. The van der Waals surface area contributed by atoms with E-state index in [1.165, 1.54) is 0 Å². The van der Waals surface area contributed by atoms with Crippen LogP contribution in [0.1, 0.15) is 30.5 Å². The standard InChI is InChI=1S/C17H14ClN5O3/c1-9-15-14(16-20-17(26-21-16)13-3-2-6-25-13)19-8-22(15)11-5-4-10(18)7-12(11)23(9)24/h4-5,7-8,13H,2-3,6H2,1H3. The molecule has 4 aromatic rings. The van der Waals surface area contributed by atoms with Gasteiger partial charge in [0.1, 0.15) is 29.2 Å². The summed E-state index contributed by atoms with van der Waals surface area (Å²) in [6.45, 7) is 2.43. The van der Waals surface area contributed by atoms with E-state index in [1.54, 1.807) is 31.5 Å². The van der Waals surface area contributed by atoms with Gasteiger partial charge in [-0.15, -0.1) is 0 Å². The molecule has 4 heterocycles. The summed E-state index contributed by atoms with van der Waals surface area (Å²) in [7, 11) is 0. The van der Waals surface area contributed by atoms with Gasteiger partial charge in [0.2, 0.25) is 17.0 Å². The van der Waals surface area contributed by atoms with Crippen molar-refractivity contribution in [2.75, 3.05) is 6.61 Å². The van der Waals surface area contributed by atoms with Crippen molar-refractivity contribution in [2.24, 2.45) is 0 Å². The molecule has 1 aliphatic rings. The van der Waals surface area contributed by atoms with Crippen LogP contribution in [-0.2, 0) is 4.74 Å². The zero-order valence-electron chi connectivity index (χ0n) is 13.8. The minimum absolute atomic E-state index is 0.168. The van der Waals surface area contributed by atoms with Gasteiger partial charge in [-0.3, -0.25) is 4.40 Å². The molecule has 0 saturated carbocycles. The summed E-state index contributed by atoms with van der Waals surface area (Å²) < 4.78 is 13.6. The van der Waals surface area contributed by atoms with E-state index in [4.69, 9.17) is 20.9 Å². The lowest BCUT2D eigenvalue weighted by Crippen LogP contribution is -2.32. The molecular weight excluding hydrogens is 358 g/mol. The normalized spacial score (nSPS) is 17.5. The maximum atomic E-state index is 12.7. The van der Waals surface area contributed by atoms with Gasteiger partial charge < -0.3 is 14.5 Å². The fourth-order valence-electron chi connectivity index (χ4n) is 3.41. The van der Waals surface area contributed by atoms with E-state index in [1.807, 2.05) is 4.40 Å². The molecule has 0 amide bonds. The average molecular weight is 372 g/mol. The lowest BCUT2D eigenvalue weighted by atomic mass is 10.2. The number of imidazole rings is 1. The first kappa shape index (κ1) is 15.5. The summed E-state index contributed by atoms with van der Waals surface area (Å²) in [4.78, 5) is 8.87. The smallest absolute Gasteiger partial charge is 0.256 e. The molecule has 1 aromatic carbocycles. The number of hydrogen-bond acceptors (Lipinski definition) is 6. The van der Waals surface area contributed by atoms with Crippen LogP contribution in [0.25, 0.3) is 28.1 Å². The van der Waals surface area contributed by atoms with E-state index in [9.17, 15) is 5.21 Å². The molecular formula is C17H14ClN5O3. The molecule has 8 nitrogen and oxygen atoms in total. The summed E-state index contributed by atoms with van der Waals surface area (Å²) in [5, 5.41) is 17.3. The van der Waals surface area contributed by atoms with Crippen LogP contribution in [0.5, 0.6) is 0 Å². The Labute approximate surface area is 152 Å². The highest BCUT2D eigenvalue weighted by Crippen LogP contribution is 2.30. The lowest BCUT2D eigenvalue weighted by Gasteiger charge is -2.08. The third-order valence-corrected chi connectivity index (χ3v) is 4.92. The number of ether oxygens (including phenoxy) is 1. The number of nitrogens with zero attached hydrogens (tertiary/aromatic N) is 5. The van der Waals surface area contributed by atoms with Gasteiger partial charge in [0.05, 0.1) is 0 Å². The highest BCUT2D eigenvalue weighted by molar-refractivity contribution is 6.31. The van der Waals surface area contributed by atoms with Gasteiger partial charge in [-0.25, -0.2) is 4.98 Å². The van der Waals surface area contributed by atoms with Gasteiger partial charge in [-0.05, 0) is 25.0 Å². The number of fused-ring (bicyclic) bond motifs is 3. The van der Waals surface area contributed by atoms with Gasteiger partial charge in [0.25, 0.3) is 5.89 Å². The fraction of sp³-hybridized carbons (Fsp3) is 0.294. The Morgan fingerprint density at radius 3 is 3.08 bits per heavy atom. The molecule has 0 bridgehead atoms. The average Bonchev–Trinajstić information content (AvgIpc) is 3.38. The van der Waals surface area contributed by atoms with Crippen molar-refractivity contribution in [3.63, 3.8) is 0 Å². The zero-order chi connectivity index (χ0) is 17.8. The van der Waals surface area contributed by atoms with Crippen molar-refractivity contribution >= 4 is 28.2 Å². The van der Waals surface area contributed by atoms with E-state index in [-0.39, 0.29) is 6.10 Å². The van der Waals surface area contributed by atoms with Crippen LogP contribution in [-0.4, -0.2) is 26.1 Å². The molecule has 3 aromatic heterocycles. The number of rotatable bonds is 2. The highest BCUT2D eigenvalue weighted by atomic mass is 35.5. The van der Waals surface area contributed by atoms with E-state index >= 15 is 0 Å². The van der Waals surface area contributed by atoms with Crippen molar-refractivity contribution in [1.29, 1.82) is 0 Å². The van der Waals surface area contributed by atoms with Crippen LogP contribution in [0.15, 0.2) is 29.0 Å². The van der Waals surface area contributed by atoms with Crippen molar-refractivity contribution in [1.82, 2.24) is 19.5 Å². The summed E-state index contributed by atoms with van der Waals surface area (Å²) in [5.74, 6) is 0.785. The molecule has 9 heteroatoms. The Kier molecular flexibility index (Phi) is 3.38. The SMILES string of the molecule is Cc1c2c(-c3noc(C4CCCO4)n3)ncn2c2ccc(Cl)cc2[n+]1[O-]. The van der Waals surface area contributed by atoms with Gasteiger partial charge in [0, 0.05) is 24.6 Å². The number of benzene rings is 1. The maximum Gasteiger partial charge on any atom is 0.256 e. The predicted octanol–water partition coefficient (Wildman–Crippen LogP) is 2.98. The van der Waals surface area contributed by atoms with Crippen molar-refractivity contribution in [3.8, 4) is 11.5 Å². The number of halogens is 1. The molecule has 0 aliphatic carbocycles. The lowest BCUT2D eigenvalue weighted by molar-refractivity contribution is -0.583. The first-order valence-corrected chi connectivity index (χ1v) is 8.65. The Balaban J connectivity index is 1.72. The van der Waals surface area contributed by atoms with Crippen molar-refractivity contribution in [3.05, 3.63) is 46.3 Å². The van der Waals surface area contributed by atoms with Gasteiger partial charge in [0.15, 0.2) is 0 Å². The molecule has 0 radical (unpaired) electrons. The molecule has 0 N–H and O–H groups in total. The second-order valence-corrected chi connectivity index (χ2v) is 6.72. The number of hydrogen-bond donors (Lipinski definition) is 0. The molecule has 1 fully saturated rings. The quantitative estimate of drug-likeness (QED) is 0.397. The highest BCUT2D eigenvalue weighted by Gasteiger charge is 2.27. The Hall–Kier alpha value is -2.71. The molecule has 26 heavy (non-hydrogen) atoms. The monoisotopic (exact) mass is 371 g/mol. The summed E-state index contributed by atoms with van der Waals surface area (Å²) in [6.07, 6.45) is 3.31. The predicted molar refractivity (Wildman–Crippen MR) is 92.6 cm³/mol. The second kappa shape index (κ2) is 5.65. The topological polar surface area (TPSA) is 92.4 Å². The molecule has 0 spiro atoms. The molecule has 132 valence electrons. The Morgan fingerprint density at radius 2 is 2.27 bits per heavy atom. The van der Waals surface area contributed by atoms with Crippen LogP contribution in [0.2, 0.25) is 5.02 Å². The molecule has 1 atom stereocenters. The summed E-state index contributed by atoms with van der Waals surface area (Å²) >= 11 is 6.04. The fourth-order valence-corrected chi connectivity index (χ4v) is 3.58. The number of aryl methyl sites for hydroxylation is 1.